The molecule has 0 saturated heterocycles. The third-order valence-corrected chi connectivity index (χ3v) is 7.41. The van der Waals surface area contributed by atoms with E-state index in [9.17, 15) is 0 Å². The molecule has 0 unspecified atom stereocenters. The van der Waals surface area contributed by atoms with E-state index in [2.05, 4.69) is 156 Å². The van der Waals surface area contributed by atoms with Crippen LogP contribution in [0.5, 0.6) is 0 Å². The fourth-order valence-corrected chi connectivity index (χ4v) is 5.84. The smallest absolute Gasteiger partial charge is 0.367 e. The Kier molecular flexibility index (Phi) is 6.71. The Hall–Kier alpha value is -3.94. The van der Waals surface area contributed by atoms with Gasteiger partial charge in [-0.3, -0.25) is 0 Å². The average molecular weight is 580 g/mol. The topological polar surface area (TPSA) is 9.86 Å². The minimum Gasteiger partial charge on any atom is -0.367 e. The molecule has 0 aliphatic heterocycles. The standard InChI is InChI=1S/2C18H14N.Zr/c2*1-13-11-16-15-9-5-6-10-17(15)19(18(16)12-13)14-7-3-2-4-8-14;/h2*2-12H,1H3;/q2*-1;+2. The molecule has 2 nitrogen and oxygen atoms in total. The van der Waals surface area contributed by atoms with Crippen molar-refractivity contribution in [3.63, 3.8) is 0 Å². The van der Waals surface area contributed by atoms with Gasteiger partial charge in [0, 0.05) is 22.4 Å². The molecule has 0 aliphatic rings. The minimum absolute atomic E-state index is 0. The zero-order valence-electron chi connectivity index (χ0n) is 22.1. The van der Waals surface area contributed by atoms with Gasteiger partial charge in [0.1, 0.15) is 0 Å². The summed E-state index contributed by atoms with van der Waals surface area (Å²) in [5.74, 6) is 0. The van der Waals surface area contributed by atoms with Crippen LogP contribution in [0, 0.1) is 13.8 Å². The molecule has 8 aromatic rings. The van der Waals surface area contributed by atoms with Crippen molar-refractivity contribution >= 4 is 43.6 Å². The van der Waals surface area contributed by atoms with Gasteiger partial charge >= 0.3 is 26.2 Å². The van der Waals surface area contributed by atoms with Crippen molar-refractivity contribution in [2.45, 2.75) is 13.8 Å². The molecule has 186 valence electrons. The number of para-hydroxylation sites is 4. The van der Waals surface area contributed by atoms with Crippen LogP contribution in [-0.2, 0) is 26.2 Å². The van der Waals surface area contributed by atoms with Crippen molar-refractivity contribution in [3.05, 3.63) is 145 Å². The predicted molar refractivity (Wildman–Crippen MR) is 162 cm³/mol. The first-order valence-electron chi connectivity index (χ1n) is 13.1. The van der Waals surface area contributed by atoms with Crippen LogP contribution in [0.25, 0.3) is 55.0 Å². The molecule has 0 saturated carbocycles. The fourth-order valence-electron chi connectivity index (χ4n) is 5.84. The zero-order chi connectivity index (χ0) is 25.6. The molecule has 8 rings (SSSR count). The molecule has 0 amide bonds. The molecular weight excluding hydrogens is 552 g/mol. The minimum atomic E-state index is 0. The summed E-state index contributed by atoms with van der Waals surface area (Å²) in [6.45, 7) is 4.31. The molecule has 0 spiro atoms. The number of aromatic nitrogens is 2. The molecule has 0 bridgehead atoms. The van der Waals surface area contributed by atoms with E-state index in [1.54, 1.807) is 0 Å². The van der Waals surface area contributed by atoms with Crippen molar-refractivity contribution in [2.24, 2.45) is 0 Å². The zero-order valence-corrected chi connectivity index (χ0v) is 24.6. The number of fused-ring (bicyclic) bond motifs is 6. The van der Waals surface area contributed by atoms with Gasteiger partial charge in [0.05, 0.1) is 0 Å². The summed E-state index contributed by atoms with van der Waals surface area (Å²) in [4.78, 5) is 0. The van der Waals surface area contributed by atoms with Gasteiger partial charge in [0.2, 0.25) is 0 Å². The van der Waals surface area contributed by atoms with E-state index in [0.717, 1.165) is 0 Å². The molecule has 3 heteroatoms. The molecule has 2 heterocycles. The monoisotopic (exact) mass is 578 g/mol. The molecule has 0 fully saturated rings. The Morgan fingerprint density at radius 3 is 1.21 bits per heavy atom. The Balaban J connectivity index is 0.000000138. The number of rotatable bonds is 2. The van der Waals surface area contributed by atoms with Crippen molar-refractivity contribution in [2.75, 3.05) is 0 Å². The van der Waals surface area contributed by atoms with Gasteiger partial charge in [-0.05, 0) is 36.4 Å². The van der Waals surface area contributed by atoms with Crippen LogP contribution in [0.2, 0.25) is 0 Å². The summed E-state index contributed by atoms with van der Waals surface area (Å²) in [7, 11) is 0. The first kappa shape index (κ1) is 25.3. The molecule has 2 aromatic heterocycles. The number of hydrogen-bond acceptors (Lipinski definition) is 0. The van der Waals surface area contributed by atoms with E-state index >= 15 is 0 Å². The van der Waals surface area contributed by atoms with Gasteiger partial charge in [0.25, 0.3) is 0 Å². The number of aryl methyl sites for hydroxylation is 2. The second-order valence-corrected chi connectivity index (χ2v) is 10.0. The van der Waals surface area contributed by atoms with Crippen molar-refractivity contribution in [1.29, 1.82) is 0 Å². The van der Waals surface area contributed by atoms with E-state index in [0.29, 0.717) is 0 Å². The van der Waals surface area contributed by atoms with Gasteiger partial charge in [-0.25, -0.2) is 0 Å². The maximum atomic E-state index is 2.34. The average Bonchev–Trinajstić information content (AvgIpc) is 3.67. The second kappa shape index (κ2) is 10.3. The van der Waals surface area contributed by atoms with Crippen molar-refractivity contribution in [1.82, 2.24) is 9.13 Å². The maximum absolute atomic E-state index is 2.34. The summed E-state index contributed by atoms with van der Waals surface area (Å²) in [5, 5.41) is 5.35. The molecule has 0 aliphatic carbocycles. The van der Waals surface area contributed by atoms with Crippen LogP contribution >= 0.6 is 0 Å². The van der Waals surface area contributed by atoms with Crippen LogP contribution in [-0.4, -0.2) is 9.13 Å². The van der Waals surface area contributed by atoms with Gasteiger partial charge in [-0.2, -0.15) is 0 Å². The predicted octanol–water partition coefficient (Wildman–Crippen LogP) is 9.62. The van der Waals surface area contributed by atoms with Gasteiger partial charge in [-0.1, -0.05) is 108 Å². The van der Waals surface area contributed by atoms with E-state index in [4.69, 9.17) is 0 Å². The third kappa shape index (κ3) is 4.32. The largest absolute Gasteiger partial charge is 2.00 e. The summed E-state index contributed by atoms with van der Waals surface area (Å²) >= 11 is 0. The van der Waals surface area contributed by atoms with E-state index in [-0.39, 0.29) is 26.2 Å². The van der Waals surface area contributed by atoms with Gasteiger partial charge < -0.3 is 9.13 Å². The quantitative estimate of drug-likeness (QED) is 0.180. The van der Waals surface area contributed by atoms with Gasteiger partial charge in [-0.15, -0.1) is 46.2 Å². The maximum Gasteiger partial charge on any atom is 2.00 e. The van der Waals surface area contributed by atoms with E-state index in [1.165, 1.54) is 66.1 Å². The Labute approximate surface area is 247 Å². The Bertz CT molecular complexity index is 1880. The second-order valence-electron chi connectivity index (χ2n) is 10.0. The first-order chi connectivity index (χ1) is 18.7. The third-order valence-electron chi connectivity index (χ3n) is 7.41. The fraction of sp³-hybridized carbons (Fsp3) is 0.0556. The van der Waals surface area contributed by atoms with Crippen LogP contribution in [0.1, 0.15) is 11.1 Å². The number of benzene rings is 4. The SMILES string of the molecule is Cc1cc2c([cH-]1)c1ccccc1n2-c1ccccc1.Cc1cc2c([cH-]1)c1ccccc1n2-c1ccccc1.[Zr+2]. The van der Waals surface area contributed by atoms with E-state index in [1.807, 2.05) is 0 Å². The normalized spacial score (nSPS) is 11.1. The molecule has 6 aromatic carbocycles. The van der Waals surface area contributed by atoms with Crippen LogP contribution < -0.4 is 0 Å². The molecule has 0 N–H and O–H groups in total. The van der Waals surface area contributed by atoms with E-state index < -0.39 is 0 Å². The molecule has 0 radical (unpaired) electrons. The number of nitrogens with zero attached hydrogens (tertiary/aromatic N) is 2. The molecule has 39 heavy (non-hydrogen) atoms. The van der Waals surface area contributed by atoms with Crippen LogP contribution in [0.3, 0.4) is 0 Å². The summed E-state index contributed by atoms with van der Waals surface area (Å²) < 4.78 is 4.69. The summed E-state index contributed by atoms with van der Waals surface area (Å²) in [6, 6.07) is 47.4. The summed E-state index contributed by atoms with van der Waals surface area (Å²) in [6.07, 6.45) is 0. The summed E-state index contributed by atoms with van der Waals surface area (Å²) in [5.41, 5.74) is 10.2. The Morgan fingerprint density at radius 1 is 0.436 bits per heavy atom. The van der Waals surface area contributed by atoms with Crippen LogP contribution in [0.15, 0.2) is 133 Å². The van der Waals surface area contributed by atoms with Crippen molar-refractivity contribution in [3.8, 4) is 11.4 Å². The molecule has 0 atom stereocenters. The first-order valence-corrected chi connectivity index (χ1v) is 13.1. The Morgan fingerprint density at radius 2 is 0.795 bits per heavy atom. The molecular formula is C36H28N2Zr. The van der Waals surface area contributed by atoms with Crippen molar-refractivity contribution < 1.29 is 26.2 Å². The van der Waals surface area contributed by atoms with Crippen LogP contribution in [0.4, 0.5) is 0 Å². The van der Waals surface area contributed by atoms with Gasteiger partial charge in [0.15, 0.2) is 0 Å². The number of hydrogen-bond donors (Lipinski definition) is 0.